The molecule has 132 valence electrons. The average Bonchev–Trinajstić information content (AvgIpc) is 2.96. The van der Waals surface area contributed by atoms with E-state index in [1.807, 2.05) is 72.4 Å². The first-order chi connectivity index (χ1) is 12.6. The molecule has 5 heteroatoms. The minimum Gasteiger partial charge on any atom is -0.350 e. The van der Waals surface area contributed by atoms with Crippen LogP contribution in [0.3, 0.4) is 0 Å². The van der Waals surface area contributed by atoms with Crippen LogP contribution in [0.1, 0.15) is 11.1 Å². The highest BCUT2D eigenvalue weighted by Crippen LogP contribution is 2.22. The number of nitrogens with zero attached hydrogens (tertiary/aromatic N) is 1. The van der Waals surface area contributed by atoms with Gasteiger partial charge < -0.3 is 15.2 Å². The predicted octanol–water partition coefficient (Wildman–Crippen LogP) is 1.95. The van der Waals surface area contributed by atoms with E-state index in [4.69, 9.17) is 0 Å². The van der Waals surface area contributed by atoms with Gasteiger partial charge in [0.05, 0.1) is 0 Å². The van der Waals surface area contributed by atoms with Crippen molar-refractivity contribution in [1.29, 1.82) is 0 Å². The molecule has 5 nitrogen and oxygen atoms in total. The summed E-state index contributed by atoms with van der Waals surface area (Å²) in [7, 11) is 1.99. The Morgan fingerprint density at radius 2 is 1.46 bits per heavy atom. The van der Waals surface area contributed by atoms with Crippen LogP contribution in [0.25, 0.3) is 10.9 Å². The second kappa shape index (κ2) is 6.67. The number of hydrogen-bond donors (Lipinski definition) is 2. The van der Waals surface area contributed by atoms with E-state index in [9.17, 15) is 9.59 Å². The molecule has 2 N–H and O–H groups in total. The Hall–Kier alpha value is -3.08. The van der Waals surface area contributed by atoms with E-state index in [1.165, 1.54) is 0 Å². The van der Waals surface area contributed by atoms with Crippen molar-refractivity contribution >= 4 is 22.7 Å². The average molecular weight is 347 g/mol. The third kappa shape index (κ3) is 3.08. The number of hydrogen-bond acceptors (Lipinski definition) is 2. The van der Waals surface area contributed by atoms with Gasteiger partial charge in [0.15, 0.2) is 0 Å². The van der Waals surface area contributed by atoms with Crippen molar-refractivity contribution in [2.75, 3.05) is 0 Å². The minimum atomic E-state index is -0.541. The highest BCUT2D eigenvalue weighted by atomic mass is 16.2. The van der Waals surface area contributed by atoms with Gasteiger partial charge in [0, 0.05) is 37.0 Å². The molecule has 3 aromatic rings. The lowest BCUT2D eigenvalue weighted by molar-refractivity contribution is -0.136. The molecule has 0 saturated carbocycles. The van der Waals surface area contributed by atoms with Gasteiger partial charge in [-0.15, -0.1) is 0 Å². The molecule has 0 bridgehead atoms. The number of para-hydroxylation sites is 1. The molecule has 2 aromatic carbocycles. The zero-order valence-electron chi connectivity index (χ0n) is 14.6. The summed E-state index contributed by atoms with van der Waals surface area (Å²) in [6.45, 7) is 0. The van der Waals surface area contributed by atoms with Crippen molar-refractivity contribution in [3.8, 4) is 0 Å². The molecule has 1 fully saturated rings. The van der Waals surface area contributed by atoms with Crippen molar-refractivity contribution in [3.63, 3.8) is 0 Å². The largest absolute Gasteiger partial charge is 0.350 e. The summed E-state index contributed by atoms with van der Waals surface area (Å²) in [4.78, 5) is 25.0. The number of amides is 2. The Kier molecular flexibility index (Phi) is 4.21. The molecule has 1 aromatic heterocycles. The number of benzene rings is 2. The molecule has 0 aliphatic carbocycles. The number of aryl methyl sites for hydroxylation is 1. The SMILES string of the molecule is Cn1cc(C[C@H]2NC(=O)[C@@H](Cc3ccccc3)NC2=O)c2ccccc21. The van der Waals surface area contributed by atoms with Crippen LogP contribution in [-0.2, 0) is 29.5 Å². The maximum atomic E-state index is 12.6. The van der Waals surface area contributed by atoms with E-state index in [1.54, 1.807) is 0 Å². The molecule has 0 unspecified atom stereocenters. The van der Waals surface area contributed by atoms with Crippen molar-refractivity contribution in [1.82, 2.24) is 15.2 Å². The zero-order valence-corrected chi connectivity index (χ0v) is 14.6. The monoisotopic (exact) mass is 347 g/mol. The Balaban J connectivity index is 1.49. The predicted molar refractivity (Wildman–Crippen MR) is 101 cm³/mol. The Labute approximate surface area is 152 Å². The van der Waals surface area contributed by atoms with Crippen LogP contribution in [-0.4, -0.2) is 28.5 Å². The number of aromatic nitrogens is 1. The quantitative estimate of drug-likeness (QED) is 0.758. The zero-order chi connectivity index (χ0) is 18.1. The first-order valence-corrected chi connectivity index (χ1v) is 8.79. The van der Waals surface area contributed by atoms with Crippen LogP contribution in [0.4, 0.5) is 0 Å². The smallest absolute Gasteiger partial charge is 0.243 e. The van der Waals surface area contributed by atoms with Gasteiger partial charge in [-0.2, -0.15) is 0 Å². The number of nitrogens with one attached hydrogen (secondary N) is 2. The van der Waals surface area contributed by atoms with E-state index in [-0.39, 0.29) is 11.8 Å². The van der Waals surface area contributed by atoms with Crippen molar-refractivity contribution in [2.24, 2.45) is 7.05 Å². The van der Waals surface area contributed by atoms with Crippen LogP contribution in [0.5, 0.6) is 0 Å². The first-order valence-electron chi connectivity index (χ1n) is 8.79. The second-order valence-corrected chi connectivity index (χ2v) is 6.80. The van der Waals surface area contributed by atoms with Gasteiger partial charge in [0.1, 0.15) is 12.1 Å². The van der Waals surface area contributed by atoms with Gasteiger partial charge >= 0.3 is 0 Å². The maximum absolute atomic E-state index is 12.6. The summed E-state index contributed by atoms with van der Waals surface area (Å²) in [5.41, 5.74) is 3.21. The summed E-state index contributed by atoms with van der Waals surface area (Å²) in [6, 6.07) is 16.7. The Morgan fingerprint density at radius 1 is 0.846 bits per heavy atom. The van der Waals surface area contributed by atoms with E-state index in [0.717, 1.165) is 22.0 Å². The molecule has 1 aliphatic heterocycles. The molecule has 0 spiro atoms. The van der Waals surface area contributed by atoms with Gasteiger partial charge in [-0.05, 0) is 17.2 Å². The third-order valence-corrected chi connectivity index (χ3v) is 4.95. The fourth-order valence-electron chi connectivity index (χ4n) is 3.62. The lowest BCUT2D eigenvalue weighted by atomic mass is 9.98. The van der Waals surface area contributed by atoms with Crippen LogP contribution < -0.4 is 10.6 Å². The van der Waals surface area contributed by atoms with E-state index in [0.29, 0.717) is 12.8 Å². The van der Waals surface area contributed by atoms with E-state index < -0.39 is 12.1 Å². The number of fused-ring (bicyclic) bond motifs is 1. The Morgan fingerprint density at radius 3 is 2.19 bits per heavy atom. The first kappa shape index (κ1) is 16.4. The van der Waals surface area contributed by atoms with E-state index in [2.05, 4.69) is 10.6 Å². The topological polar surface area (TPSA) is 63.1 Å². The number of carbonyl (C=O) groups is 2. The van der Waals surface area contributed by atoms with Crippen LogP contribution in [0.15, 0.2) is 60.8 Å². The lowest BCUT2D eigenvalue weighted by Gasteiger charge is -2.29. The third-order valence-electron chi connectivity index (χ3n) is 4.95. The van der Waals surface area contributed by atoms with Crippen molar-refractivity contribution in [2.45, 2.75) is 24.9 Å². The Bertz CT molecular complexity index is 962. The second-order valence-electron chi connectivity index (χ2n) is 6.80. The van der Waals surface area contributed by atoms with Gasteiger partial charge in [-0.25, -0.2) is 0 Å². The van der Waals surface area contributed by atoms with Gasteiger partial charge in [0.25, 0.3) is 0 Å². The fourth-order valence-corrected chi connectivity index (χ4v) is 3.62. The molecule has 0 radical (unpaired) electrons. The molecule has 2 heterocycles. The molecular formula is C21H21N3O2. The minimum absolute atomic E-state index is 0.126. The normalized spacial score (nSPS) is 20.0. The van der Waals surface area contributed by atoms with Gasteiger partial charge in [-0.1, -0.05) is 48.5 Å². The van der Waals surface area contributed by atoms with Gasteiger partial charge in [0.2, 0.25) is 11.8 Å². The maximum Gasteiger partial charge on any atom is 0.243 e. The molecule has 2 amide bonds. The molecule has 1 aliphatic rings. The molecule has 4 rings (SSSR count). The molecule has 1 saturated heterocycles. The van der Waals surface area contributed by atoms with Crippen molar-refractivity contribution in [3.05, 3.63) is 71.9 Å². The lowest BCUT2D eigenvalue weighted by Crippen LogP contribution is -2.62. The summed E-state index contributed by atoms with van der Waals surface area (Å²) in [6.07, 6.45) is 3.01. The van der Waals surface area contributed by atoms with Gasteiger partial charge in [-0.3, -0.25) is 9.59 Å². The summed E-state index contributed by atoms with van der Waals surface area (Å²) in [5, 5.41) is 6.90. The van der Waals surface area contributed by atoms with Crippen molar-refractivity contribution < 1.29 is 9.59 Å². The highest BCUT2D eigenvalue weighted by molar-refractivity contribution is 5.97. The molecule has 2 atom stereocenters. The highest BCUT2D eigenvalue weighted by Gasteiger charge is 2.34. The number of carbonyl (C=O) groups excluding carboxylic acids is 2. The molecule has 26 heavy (non-hydrogen) atoms. The fraction of sp³-hybridized carbons (Fsp3) is 0.238. The summed E-state index contributed by atoms with van der Waals surface area (Å²) < 4.78 is 2.05. The molecular weight excluding hydrogens is 326 g/mol. The number of piperazine rings is 1. The summed E-state index contributed by atoms with van der Waals surface area (Å²) >= 11 is 0. The standard InChI is InChI=1S/C21H21N3O2/c1-24-13-15(16-9-5-6-10-19(16)24)12-18-21(26)22-17(20(25)23-18)11-14-7-3-2-4-8-14/h2-10,13,17-18H,11-12H2,1H3,(H,22,26)(H,23,25)/t17-,18-/m1/s1. The van der Waals surface area contributed by atoms with E-state index >= 15 is 0 Å². The van der Waals surface area contributed by atoms with Crippen LogP contribution >= 0.6 is 0 Å². The number of rotatable bonds is 4. The van der Waals surface area contributed by atoms with Crippen LogP contribution in [0, 0.1) is 0 Å². The summed E-state index contributed by atoms with van der Waals surface area (Å²) in [5.74, 6) is -0.253. The van der Waals surface area contributed by atoms with Crippen LogP contribution in [0.2, 0.25) is 0 Å².